The van der Waals surface area contributed by atoms with Crippen LogP contribution in [0.25, 0.3) is 6.08 Å². The minimum atomic E-state index is 0.0957. The summed E-state index contributed by atoms with van der Waals surface area (Å²) in [5, 5.41) is 0. The standard InChI is InChI=1S/C17H19NOS2/c1-12-6-5-7-13(10-12)11-15-16(19)18(17(20)21-15)14-8-3-2-4-9-14/h5-7,10-11,14H,2-4,8-9H2,1H3/b15-11-. The van der Waals surface area contributed by atoms with Crippen molar-refractivity contribution in [3.8, 4) is 0 Å². The Bertz CT molecular complexity index is 603. The first kappa shape index (κ1) is 14.8. The van der Waals surface area contributed by atoms with Gasteiger partial charge in [0.05, 0.1) is 4.91 Å². The number of hydrogen-bond acceptors (Lipinski definition) is 3. The molecule has 0 bridgehead atoms. The molecule has 3 rings (SSSR count). The lowest BCUT2D eigenvalue weighted by Gasteiger charge is -2.29. The van der Waals surface area contributed by atoms with Crippen LogP contribution in [0.3, 0.4) is 0 Å². The largest absolute Gasteiger partial charge is 0.290 e. The van der Waals surface area contributed by atoms with Crippen LogP contribution in [-0.2, 0) is 4.79 Å². The van der Waals surface area contributed by atoms with E-state index in [1.54, 1.807) is 0 Å². The van der Waals surface area contributed by atoms with E-state index in [2.05, 4.69) is 19.1 Å². The molecule has 0 atom stereocenters. The maximum absolute atomic E-state index is 12.7. The molecule has 0 radical (unpaired) electrons. The van der Waals surface area contributed by atoms with Gasteiger partial charge in [0.2, 0.25) is 0 Å². The highest BCUT2D eigenvalue weighted by Crippen LogP contribution is 2.37. The Morgan fingerprint density at radius 2 is 2.05 bits per heavy atom. The molecule has 0 N–H and O–H groups in total. The van der Waals surface area contributed by atoms with E-state index in [1.165, 1.54) is 36.6 Å². The van der Waals surface area contributed by atoms with Gasteiger partial charge >= 0.3 is 0 Å². The van der Waals surface area contributed by atoms with Crippen molar-refractivity contribution in [1.82, 2.24) is 4.90 Å². The van der Waals surface area contributed by atoms with Crippen LogP contribution in [0, 0.1) is 6.92 Å². The van der Waals surface area contributed by atoms with Gasteiger partial charge in [-0.05, 0) is 31.4 Å². The summed E-state index contributed by atoms with van der Waals surface area (Å²) in [7, 11) is 0. The number of aryl methyl sites for hydroxylation is 1. The van der Waals surface area contributed by atoms with Crippen LogP contribution in [0.4, 0.5) is 0 Å². The number of rotatable bonds is 2. The van der Waals surface area contributed by atoms with Crippen molar-refractivity contribution in [2.75, 3.05) is 0 Å². The molecule has 21 heavy (non-hydrogen) atoms. The quantitative estimate of drug-likeness (QED) is 0.590. The molecule has 1 aromatic carbocycles. The van der Waals surface area contributed by atoms with Crippen molar-refractivity contribution < 1.29 is 4.79 Å². The lowest BCUT2D eigenvalue weighted by molar-refractivity contribution is -0.124. The first-order valence-corrected chi connectivity index (χ1v) is 8.71. The fraction of sp³-hybridized carbons (Fsp3) is 0.412. The highest BCUT2D eigenvalue weighted by atomic mass is 32.2. The summed E-state index contributed by atoms with van der Waals surface area (Å²) >= 11 is 6.89. The van der Waals surface area contributed by atoms with Crippen LogP contribution in [0.1, 0.15) is 43.2 Å². The van der Waals surface area contributed by atoms with Crippen molar-refractivity contribution in [3.63, 3.8) is 0 Å². The third-order valence-electron chi connectivity index (χ3n) is 4.10. The lowest BCUT2D eigenvalue weighted by Crippen LogP contribution is -2.39. The third-order valence-corrected chi connectivity index (χ3v) is 5.43. The molecular weight excluding hydrogens is 298 g/mol. The second kappa shape index (κ2) is 6.32. The van der Waals surface area contributed by atoms with Crippen LogP contribution >= 0.6 is 24.0 Å². The average Bonchev–Trinajstić information content (AvgIpc) is 2.74. The van der Waals surface area contributed by atoms with Gasteiger partial charge in [0, 0.05) is 6.04 Å². The van der Waals surface area contributed by atoms with Crippen LogP contribution in [0.15, 0.2) is 29.2 Å². The topological polar surface area (TPSA) is 20.3 Å². The molecule has 1 saturated heterocycles. The van der Waals surface area contributed by atoms with Crippen LogP contribution in [0.5, 0.6) is 0 Å². The van der Waals surface area contributed by atoms with E-state index in [0.717, 1.165) is 27.6 Å². The zero-order valence-corrected chi connectivity index (χ0v) is 13.8. The molecule has 0 unspecified atom stereocenters. The van der Waals surface area contributed by atoms with Crippen molar-refractivity contribution in [2.24, 2.45) is 0 Å². The highest BCUT2D eigenvalue weighted by Gasteiger charge is 2.37. The Morgan fingerprint density at radius 1 is 1.29 bits per heavy atom. The Kier molecular flexibility index (Phi) is 4.45. The first-order valence-electron chi connectivity index (χ1n) is 7.49. The number of thiocarbonyl (C=S) groups is 1. The molecule has 2 nitrogen and oxygen atoms in total. The van der Waals surface area contributed by atoms with Gasteiger partial charge in [0.25, 0.3) is 5.91 Å². The van der Waals surface area contributed by atoms with Gasteiger partial charge in [-0.3, -0.25) is 9.69 Å². The molecule has 1 aromatic rings. The van der Waals surface area contributed by atoms with Crippen LogP contribution < -0.4 is 0 Å². The van der Waals surface area contributed by atoms with Gasteiger partial charge in [0.1, 0.15) is 4.32 Å². The summed E-state index contributed by atoms with van der Waals surface area (Å²) in [6.45, 7) is 2.06. The number of amides is 1. The Hall–Kier alpha value is -1.13. The first-order chi connectivity index (χ1) is 10.1. The van der Waals surface area contributed by atoms with E-state index in [0.29, 0.717) is 6.04 Å². The zero-order chi connectivity index (χ0) is 14.8. The number of carbonyl (C=O) groups excluding carboxylic acids is 1. The third kappa shape index (κ3) is 3.22. The van der Waals surface area contributed by atoms with Gasteiger partial charge in [0.15, 0.2) is 0 Å². The predicted molar refractivity (Wildman–Crippen MR) is 93.1 cm³/mol. The number of thioether (sulfide) groups is 1. The molecule has 1 aliphatic carbocycles. The van der Waals surface area contributed by atoms with Crippen molar-refractivity contribution in [2.45, 2.75) is 45.1 Å². The summed E-state index contributed by atoms with van der Waals surface area (Å²) in [6, 6.07) is 8.51. The molecule has 4 heteroatoms. The fourth-order valence-electron chi connectivity index (χ4n) is 3.05. The van der Waals surface area contributed by atoms with Gasteiger partial charge in [-0.2, -0.15) is 0 Å². The fourth-order valence-corrected chi connectivity index (χ4v) is 4.45. The summed E-state index contributed by atoms with van der Waals surface area (Å²) < 4.78 is 0.728. The molecule has 1 heterocycles. The average molecular weight is 317 g/mol. The van der Waals surface area contributed by atoms with Gasteiger partial charge in [-0.1, -0.05) is 73.1 Å². The Morgan fingerprint density at radius 3 is 2.76 bits per heavy atom. The van der Waals surface area contributed by atoms with E-state index in [9.17, 15) is 4.79 Å². The van der Waals surface area contributed by atoms with Crippen molar-refractivity contribution >= 4 is 40.3 Å². The molecule has 1 aliphatic heterocycles. The van der Waals surface area contributed by atoms with E-state index < -0.39 is 0 Å². The maximum atomic E-state index is 12.7. The lowest BCUT2D eigenvalue weighted by atomic mass is 9.94. The highest BCUT2D eigenvalue weighted by molar-refractivity contribution is 8.26. The monoisotopic (exact) mass is 317 g/mol. The smallest absolute Gasteiger partial charge is 0.266 e. The molecule has 1 amide bonds. The number of nitrogens with zero attached hydrogens (tertiary/aromatic N) is 1. The number of hydrogen-bond donors (Lipinski definition) is 0. The van der Waals surface area contributed by atoms with Gasteiger partial charge < -0.3 is 0 Å². The molecule has 1 saturated carbocycles. The van der Waals surface area contributed by atoms with Gasteiger partial charge in [-0.15, -0.1) is 0 Å². The van der Waals surface area contributed by atoms with E-state index >= 15 is 0 Å². The minimum Gasteiger partial charge on any atom is -0.290 e. The Balaban J connectivity index is 1.82. The second-order valence-corrected chi connectivity index (χ2v) is 7.43. The SMILES string of the molecule is Cc1cccc(/C=C2\SC(=S)N(C3CCCCC3)C2=O)c1. The molecule has 0 aromatic heterocycles. The van der Waals surface area contributed by atoms with Crippen molar-refractivity contribution in [1.29, 1.82) is 0 Å². The second-order valence-electron chi connectivity index (χ2n) is 5.76. The van der Waals surface area contributed by atoms with E-state index in [-0.39, 0.29) is 5.91 Å². The molecular formula is C17H19NOS2. The number of carbonyl (C=O) groups is 1. The normalized spacial score (nSPS) is 22.3. The van der Waals surface area contributed by atoms with Crippen molar-refractivity contribution in [3.05, 3.63) is 40.3 Å². The summed E-state index contributed by atoms with van der Waals surface area (Å²) in [5.41, 5.74) is 2.27. The van der Waals surface area contributed by atoms with Gasteiger partial charge in [-0.25, -0.2) is 0 Å². The molecule has 2 aliphatic rings. The minimum absolute atomic E-state index is 0.0957. The van der Waals surface area contributed by atoms with Crippen LogP contribution in [-0.4, -0.2) is 21.2 Å². The van der Waals surface area contributed by atoms with E-state index in [1.807, 2.05) is 23.1 Å². The molecule has 110 valence electrons. The molecule has 2 fully saturated rings. The van der Waals surface area contributed by atoms with E-state index in [4.69, 9.17) is 12.2 Å². The number of benzene rings is 1. The maximum Gasteiger partial charge on any atom is 0.266 e. The van der Waals surface area contributed by atoms with Crippen LogP contribution in [0.2, 0.25) is 0 Å². The Labute approximate surface area is 135 Å². The predicted octanol–water partition coefficient (Wildman–Crippen LogP) is 4.53. The summed E-state index contributed by atoms with van der Waals surface area (Å²) in [6.07, 6.45) is 7.84. The molecule has 0 spiro atoms. The summed E-state index contributed by atoms with van der Waals surface area (Å²) in [4.78, 5) is 15.3. The summed E-state index contributed by atoms with van der Waals surface area (Å²) in [5.74, 6) is 0.0957. The zero-order valence-electron chi connectivity index (χ0n) is 12.2.